The Kier molecular flexibility index (Phi) is 4.72. The van der Waals surface area contributed by atoms with Crippen molar-refractivity contribution in [3.8, 4) is 11.3 Å². The van der Waals surface area contributed by atoms with E-state index < -0.39 is 0 Å². The van der Waals surface area contributed by atoms with Gasteiger partial charge in [0.25, 0.3) is 5.91 Å². The van der Waals surface area contributed by atoms with Crippen molar-refractivity contribution in [1.82, 2.24) is 4.98 Å². The van der Waals surface area contributed by atoms with Crippen molar-refractivity contribution in [3.05, 3.63) is 76.6 Å². The van der Waals surface area contributed by atoms with E-state index in [1.54, 1.807) is 11.8 Å². The molecule has 3 heterocycles. The van der Waals surface area contributed by atoms with Crippen LogP contribution in [0.5, 0.6) is 0 Å². The molecule has 0 bridgehead atoms. The maximum absolute atomic E-state index is 13.3. The van der Waals surface area contributed by atoms with Gasteiger partial charge in [-0.05, 0) is 19.1 Å². The Labute approximate surface area is 181 Å². The number of hydrogen-bond donors (Lipinski definition) is 0. The molecule has 0 N–H and O–H groups in total. The zero-order valence-electron chi connectivity index (χ0n) is 16.0. The van der Waals surface area contributed by atoms with E-state index in [4.69, 9.17) is 0 Å². The molecule has 0 saturated carbocycles. The van der Waals surface area contributed by atoms with E-state index in [1.165, 1.54) is 28.1 Å². The average Bonchev–Trinajstić information content (AvgIpc) is 3.47. The molecule has 2 aromatic carbocycles. The predicted molar refractivity (Wildman–Crippen MR) is 122 cm³/mol. The first-order valence-corrected chi connectivity index (χ1v) is 11.2. The number of aromatic nitrogens is 1. The fourth-order valence-corrected chi connectivity index (χ4v) is 5.27. The molecule has 1 saturated heterocycles. The number of amides is 2. The molecule has 0 atom stereocenters. The molecular formula is C22H16N4O2S2. The van der Waals surface area contributed by atoms with E-state index in [9.17, 15) is 9.59 Å². The molecule has 0 aliphatic carbocycles. The first-order chi connectivity index (χ1) is 14.6. The summed E-state index contributed by atoms with van der Waals surface area (Å²) < 4.78 is 0. The standard InChI is InChI=1S/C22H16N4O2S2/c1-14-19(21-25(18(27)13-29-21)16-10-6-3-7-11-16)20(28)26(24-14)22-23-17(12-30-22)15-8-4-2-5-9-15/h2-12H,13H2,1H3/b21-19-. The normalized spacial score (nSPS) is 19.0. The maximum atomic E-state index is 13.3. The highest BCUT2D eigenvalue weighted by Crippen LogP contribution is 2.39. The van der Waals surface area contributed by atoms with Gasteiger partial charge < -0.3 is 0 Å². The molecule has 0 radical (unpaired) electrons. The van der Waals surface area contributed by atoms with Crippen molar-refractivity contribution in [3.63, 3.8) is 0 Å². The number of thiazole rings is 1. The molecule has 30 heavy (non-hydrogen) atoms. The van der Waals surface area contributed by atoms with E-state index in [0.29, 0.717) is 27.2 Å². The number of hydrazone groups is 1. The molecule has 5 rings (SSSR count). The third-order valence-electron chi connectivity index (χ3n) is 4.77. The number of nitrogens with zero attached hydrogens (tertiary/aromatic N) is 4. The molecule has 0 spiro atoms. The fraction of sp³-hybridized carbons (Fsp3) is 0.0909. The third kappa shape index (κ3) is 3.14. The Morgan fingerprint density at radius 2 is 1.67 bits per heavy atom. The minimum absolute atomic E-state index is 0.0478. The van der Waals surface area contributed by atoms with Crippen LogP contribution in [-0.2, 0) is 9.59 Å². The minimum Gasteiger partial charge on any atom is -0.274 e. The highest BCUT2D eigenvalue weighted by atomic mass is 32.2. The van der Waals surface area contributed by atoms with Crippen LogP contribution in [0.25, 0.3) is 11.3 Å². The quantitative estimate of drug-likeness (QED) is 0.571. The largest absolute Gasteiger partial charge is 0.285 e. The van der Waals surface area contributed by atoms with Crippen LogP contribution >= 0.6 is 23.1 Å². The van der Waals surface area contributed by atoms with Crippen molar-refractivity contribution in [2.24, 2.45) is 5.10 Å². The summed E-state index contributed by atoms with van der Waals surface area (Å²) in [5.74, 6) is -0.0167. The Hall–Kier alpha value is -3.23. The number of benzene rings is 2. The van der Waals surface area contributed by atoms with Crippen molar-refractivity contribution < 1.29 is 9.59 Å². The number of rotatable bonds is 3. The van der Waals surface area contributed by atoms with E-state index in [1.807, 2.05) is 66.0 Å². The summed E-state index contributed by atoms with van der Waals surface area (Å²) in [5, 5.41) is 8.85. The van der Waals surface area contributed by atoms with Crippen LogP contribution in [0.2, 0.25) is 0 Å². The van der Waals surface area contributed by atoms with Gasteiger partial charge in [-0.15, -0.1) is 11.3 Å². The third-order valence-corrected chi connectivity index (χ3v) is 6.64. The second-order valence-electron chi connectivity index (χ2n) is 6.72. The minimum atomic E-state index is -0.264. The Morgan fingerprint density at radius 3 is 2.40 bits per heavy atom. The van der Waals surface area contributed by atoms with Crippen molar-refractivity contribution in [1.29, 1.82) is 0 Å². The van der Waals surface area contributed by atoms with Crippen LogP contribution in [0.3, 0.4) is 0 Å². The first kappa shape index (κ1) is 18.8. The van der Waals surface area contributed by atoms with Gasteiger partial charge in [0.2, 0.25) is 11.0 Å². The molecule has 0 unspecified atom stereocenters. The summed E-state index contributed by atoms with van der Waals surface area (Å²) in [6, 6.07) is 19.2. The van der Waals surface area contributed by atoms with Crippen LogP contribution in [0.15, 0.2) is 81.7 Å². The lowest BCUT2D eigenvalue weighted by atomic mass is 10.2. The Bertz CT molecular complexity index is 1200. The molecule has 2 amide bonds. The fourth-order valence-electron chi connectivity index (χ4n) is 3.38. The Balaban J connectivity index is 1.51. The van der Waals surface area contributed by atoms with Gasteiger partial charge in [-0.2, -0.15) is 10.1 Å². The highest BCUT2D eigenvalue weighted by Gasteiger charge is 2.39. The summed E-state index contributed by atoms with van der Waals surface area (Å²) in [6.07, 6.45) is 0. The van der Waals surface area contributed by atoms with E-state index in [0.717, 1.165) is 16.9 Å². The summed E-state index contributed by atoms with van der Waals surface area (Å²) >= 11 is 2.73. The number of anilines is 2. The van der Waals surface area contributed by atoms with Crippen molar-refractivity contribution in [2.75, 3.05) is 15.7 Å². The second-order valence-corrected chi connectivity index (χ2v) is 8.52. The molecule has 1 fully saturated rings. The maximum Gasteiger partial charge on any atom is 0.285 e. The van der Waals surface area contributed by atoms with Crippen LogP contribution in [0.4, 0.5) is 10.8 Å². The molecule has 6 nitrogen and oxygen atoms in total. The van der Waals surface area contributed by atoms with Crippen molar-refractivity contribution in [2.45, 2.75) is 6.92 Å². The molecule has 1 aromatic heterocycles. The van der Waals surface area contributed by atoms with Crippen LogP contribution in [0.1, 0.15) is 6.92 Å². The molecule has 3 aromatic rings. The van der Waals surface area contributed by atoms with Gasteiger partial charge in [-0.3, -0.25) is 14.5 Å². The summed E-state index contributed by atoms with van der Waals surface area (Å²) in [7, 11) is 0. The second kappa shape index (κ2) is 7.55. The van der Waals surface area contributed by atoms with Gasteiger partial charge in [0.15, 0.2) is 0 Å². The molecule has 148 valence electrons. The van der Waals surface area contributed by atoms with E-state index in [-0.39, 0.29) is 11.8 Å². The summed E-state index contributed by atoms with van der Waals surface area (Å²) in [6.45, 7) is 1.79. The number of carbonyl (C=O) groups is 2. The SMILES string of the molecule is CC1=NN(c2nc(-c3ccccc3)cs2)C(=O)/C1=C1\SCC(=O)N1c1ccccc1. The Morgan fingerprint density at radius 1 is 0.967 bits per heavy atom. The van der Waals surface area contributed by atoms with Gasteiger partial charge in [0, 0.05) is 16.6 Å². The molecule has 2 aliphatic heterocycles. The van der Waals surface area contributed by atoms with Gasteiger partial charge in [-0.25, -0.2) is 4.98 Å². The monoisotopic (exact) mass is 432 g/mol. The highest BCUT2D eigenvalue weighted by molar-refractivity contribution is 8.04. The van der Waals surface area contributed by atoms with Gasteiger partial charge in [0.1, 0.15) is 0 Å². The lowest BCUT2D eigenvalue weighted by Crippen LogP contribution is -2.28. The summed E-state index contributed by atoms with van der Waals surface area (Å²) in [4.78, 5) is 32.1. The van der Waals surface area contributed by atoms with Gasteiger partial charge in [-0.1, -0.05) is 60.3 Å². The molecule has 2 aliphatic rings. The van der Waals surface area contributed by atoms with Crippen LogP contribution in [0, 0.1) is 0 Å². The zero-order valence-corrected chi connectivity index (χ0v) is 17.6. The summed E-state index contributed by atoms with van der Waals surface area (Å²) in [5.41, 5.74) is 3.56. The lowest BCUT2D eigenvalue weighted by molar-refractivity contribution is -0.115. The van der Waals surface area contributed by atoms with E-state index >= 15 is 0 Å². The average molecular weight is 433 g/mol. The smallest absolute Gasteiger partial charge is 0.274 e. The topological polar surface area (TPSA) is 65.9 Å². The molecule has 8 heteroatoms. The number of para-hydroxylation sites is 1. The van der Waals surface area contributed by atoms with E-state index in [2.05, 4.69) is 10.1 Å². The number of thioether (sulfide) groups is 1. The van der Waals surface area contributed by atoms with Gasteiger partial charge >= 0.3 is 0 Å². The lowest BCUT2D eigenvalue weighted by Gasteiger charge is -2.18. The predicted octanol–water partition coefficient (Wildman–Crippen LogP) is 4.52. The van der Waals surface area contributed by atoms with Crippen LogP contribution < -0.4 is 9.91 Å². The molecular weight excluding hydrogens is 416 g/mol. The van der Waals surface area contributed by atoms with Crippen LogP contribution in [-0.4, -0.2) is 28.3 Å². The number of carbonyl (C=O) groups excluding carboxylic acids is 2. The van der Waals surface area contributed by atoms with Crippen molar-refractivity contribution >= 4 is 51.4 Å². The first-order valence-electron chi connectivity index (χ1n) is 9.29. The zero-order chi connectivity index (χ0) is 20.7. The number of hydrogen-bond acceptors (Lipinski definition) is 6. The van der Waals surface area contributed by atoms with Gasteiger partial charge in [0.05, 0.1) is 27.8 Å².